The van der Waals surface area contributed by atoms with E-state index in [4.69, 9.17) is 40.6 Å². The van der Waals surface area contributed by atoms with Crippen LogP contribution in [0.3, 0.4) is 0 Å². The number of rotatable bonds is 4. The standard InChI is InChI=1S/C13H13Cl3N2S/c1-7-6-19-13(12(7)16)11(18-17)4-8-2-3-9(14)5-10(8)15/h2-3,5-6,11,18H,4,17H2,1H3. The van der Waals surface area contributed by atoms with Crippen LogP contribution in [0.5, 0.6) is 0 Å². The molecular weight excluding hydrogens is 323 g/mol. The molecule has 3 N–H and O–H groups in total. The predicted octanol–water partition coefficient (Wildman–Crippen LogP) is 4.76. The zero-order valence-electron chi connectivity index (χ0n) is 10.2. The minimum Gasteiger partial charge on any atom is -0.271 e. The van der Waals surface area contributed by atoms with Crippen LogP contribution < -0.4 is 11.3 Å². The quantitative estimate of drug-likeness (QED) is 0.624. The lowest BCUT2D eigenvalue weighted by Gasteiger charge is -2.16. The topological polar surface area (TPSA) is 38.0 Å². The van der Waals surface area contributed by atoms with Crippen LogP contribution in [0.4, 0.5) is 0 Å². The van der Waals surface area contributed by atoms with Crippen LogP contribution in [0.1, 0.15) is 22.0 Å². The fourth-order valence-electron chi connectivity index (χ4n) is 1.82. The highest BCUT2D eigenvalue weighted by Crippen LogP contribution is 2.35. The normalized spacial score (nSPS) is 12.7. The Morgan fingerprint density at radius 2 is 2.05 bits per heavy atom. The Hall–Kier alpha value is -0.290. The number of hydrogen-bond acceptors (Lipinski definition) is 3. The van der Waals surface area contributed by atoms with Crippen molar-refractivity contribution in [3.63, 3.8) is 0 Å². The molecular formula is C13H13Cl3N2S. The number of halogens is 3. The Bertz CT molecular complexity index is 583. The molecule has 0 amide bonds. The third-order valence-corrected chi connectivity index (χ3v) is 5.30. The molecule has 0 saturated carbocycles. The fourth-order valence-corrected chi connectivity index (χ4v) is 3.69. The molecule has 0 spiro atoms. The summed E-state index contributed by atoms with van der Waals surface area (Å²) in [6.45, 7) is 1.98. The Morgan fingerprint density at radius 1 is 1.32 bits per heavy atom. The molecule has 0 aliphatic rings. The predicted molar refractivity (Wildman–Crippen MR) is 84.3 cm³/mol. The number of hydrazine groups is 1. The number of aryl methyl sites for hydroxylation is 1. The van der Waals surface area contributed by atoms with Crippen molar-refractivity contribution in [1.29, 1.82) is 0 Å². The molecule has 1 aromatic heterocycles. The second-order valence-electron chi connectivity index (χ2n) is 4.26. The van der Waals surface area contributed by atoms with Crippen LogP contribution in [-0.2, 0) is 6.42 Å². The Balaban J connectivity index is 2.26. The highest BCUT2D eigenvalue weighted by Gasteiger charge is 2.18. The third-order valence-electron chi connectivity index (χ3n) is 2.88. The van der Waals surface area contributed by atoms with E-state index in [0.29, 0.717) is 16.5 Å². The van der Waals surface area contributed by atoms with Gasteiger partial charge < -0.3 is 0 Å². The maximum Gasteiger partial charge on any atom is 0.0609 e. The Kier molecular flexibility index (Phi) is 5.12. The number of hydrogen-bond donors (Lipinski definition) is 2. The molecule has 0 saturated heterocycles. The van der Waals surface area contributed by atoms with E-state index in [1.807, 2.05) is 24.4 Å². The number of nitrogens with one attached hydrogen (secondary N) is 1. The van der Waals surface area contributed by atoms with E-state index in [9.17, 15) is 0 Å². The van der Waals surface area contributed by atoms with Gasteiger partial charge in [0.05, 0.1) is 11.1 Å². The van der Waals surface area contributed by atoms with Gasteiger partial charge in [-0.3, -0.25) is 11.3 Å². The fraction of sp³-hybridized carbons (Fsp3) is 0.231. The number of thiophene rings is 1. The van der Waals surface area contributed by atoms with E-state index in [1.54, 1.807) is 17.4 Å². The average molecular weight is 336 g/mol. The van der Waals surface area contributed by atoms with Crippen LogP contribution in [0, 0.1) is 6.92 Å². The van der Waals surface area contributed by atoms with Crippen LogP contribution in [-0.4, -0.2) is 0 Å². The molecule has 102 valence electrons. The molecule has 1 aromatic carbocycles. The van der Waals surface area contributed by atoms with Crippen molar-refractivity contribution < 1.29 is 0 Å². The highest BCUT2D eigenvalue weighted by molar-refractivity contribution is 7.10. The molecule has 2 aromatic rings. The van der Waals surface area contributed by atoms with Gasteiger partial charge in [0.2, 0.25) is 0 Å². The smallest absolute Gasteiger partial charge is 0.0609 e. The van der Waals surface area contributed by atoms with E-state index in [-0.39, 0.29) is 6.04 Å². The molecule has 0 fully saturated rings. The highest BCUT2D eigenvalue weighted by atomic mass is 35.5. The summed E-state index contributed by atoms with van der Waals surface area (Å²) in [5.74, 6) is 5.64. The first-order valence-electron chi connectivity index (χ1n) is 5.66. The monoisotopic (exact) mass is 334 g/mol. The van der Waals surface area contributed by atoms with Gasteiger partial charge in [0.25, 0.3) is 0 Å². The molecule has 1 heterocycles. The van der Waals surface area contributed by atoms with Crippen LogP contribution in [0.15, 0.2) is 23.6 Å². The van der Waals surface area contributed by atoms with E-state index < -0.39 is 0 Å². The van der Waals surface area contributed by atoms with Gasteiger partial charge in [0, 0.05) is 14.9 Å². The van der Waals surface area contributed by atoms with Crippen molar-refractivity contribution in [3.8, 4) is 0 Å². The molecule has 1 unspecified atom stereocenters. The van der Waals surface area contributed by atoms with Crippen LogP contribution in [0.25, 0.3) is 0 Å². The summed E-state index contributed by atoms with van der Waals surface area (Å²) in [5, 5.41) is 4.04. The Morgan fingerprint density at radius 3 is 2.58 bits per heavy atom. The lowest BCUT2D eigenvalue weighted by Crippen LogP contribution is -2.29. The molecule has 1 atom stereocenters. The van der Waals surface area contributed by atoms with Crippen molar-refractivity contribution in [2.75, 3.05) is 0 Å². The third kappa shape index (κ3) is 3.43. The lowest BCUT2D eigenvalue weighted by atomic mass is 10.0. The minimum absolute atomic E-state index is 0.0649. The SMILES string of the molecule is Cc1csc(C(Cc2ccc(Cl)cc2Cl)NN)c1Cl. The summed E-state index contributed by atoms with van der Waals surface area (Å²) < 4.78 is 0. The van der Waals surface area contributed by atoms with Gasteiger partial charge in [0.1, 0.15) is 0 Å². The number of benzene rings is 1. The van der Waals surface area contributed by atoms with Gasteiger partial charge in [-0.1, -0.05) is 40.9 Å². The van der Waals surface area contributed by atoms with Crippen molar-refractivity contribution in [3.05, 3.63) is 54.7 Å². The summed E-state index contributed by atoms with van der Waals surface area (Å²) in [7, 11) is 0. The minimum atomic E-state index is -0.0649. The van der Waals surface area contributed by atoms with Crippen molar-refractivity contribution >= 4 is 46.1 Å². The maximum absolute atomic E-state index is 6.27. The molecule has 0 radical (unpaired) electrons. The summed E-state index contributed by atoms with van der Waals surface area (Å²) in [6, 6.07) is 5.39. The molecule has 0 aliphatic carbocycles. The largest absolute Gasteiger partial charge is 0.271 e. The summed E-state index contributed by atoms with van der Waals surface area (Å²) in [6.07, 6.45) is 0.659. The first-order chi connectivity index (χ1) is 9.02. The first kappa shape index (κ1) is 15.1. The summed E-state index contributed by atoms with van der Waals surface area (Å²) in [4.78, 5) is 1.02. The van der Waals surface area contributed by atoms with E-state index in [0.717, 1.165) is 21.0 Å². The van der Waals surface area contributed by atoms with E-state index in [1.165, 1.54) is 0 Å². The maximum atomic E-state index is 6.27. The average Bonchev–Trinajstić information content (AvgIpc) is 2.70. The lowest BCUT2D eigenvalue weighted by molar-refractivity contribution is 0.560. The van der Waals surface area contributed by atoms with E-state index in [2.05, 4.69) is 5.43 Å². The van der Waals surface area contributed by atoms with Gasteiger partial charge in [-0.05, 0) is 42.0 Å². The van der Waals surface area contributed by atoms with Gasteiger partial charge in [-0.25, -0.2) is 0 Å². The molecule has 0 aliphatic heterocycles. The molecule has 6 heteroatoms. The Labute approximate surface area is 131 Å². The molecule has 19 heavy (non-hydrogen) atoms. The van der Waals surface area contributed by atoms with Gasteiger partial charge >= 0.3 is 0 Å². The summed E-state index contributed by atoms with van der Waals surface area (Å²) in [5.41, 5.74) is 4.84. The van der Waals surface area contributed by atoms with Gasteiger partial charge in [-0.2, -0.15) is 0 Å². The molecule has 0 bridgehead atoms. The second-order valence-corrected chi connectivity index (χ2v) is 6.39. The second kappa shape index (κ2) is 6.44. The van der Waals surface area contributed by atoms with Crippen molar-refractivity contribution in [2.24, 2.45) is 5.84 Å². The first-order valence-corrected chi connectivity index (χ1v) is 7.67. The molecule has 2 rings (SSSR count). The van der Waals surface area contributed by atoms with E-state index >= 15 is 0 Å². The van der Waals surface area contributed by atoms with Crippen LogP contribution >= 0.6 is 46.1 Å². The van der Waals surface area contributed by atoms with Gasteiger partial charge in [-0.15, -0.1) is 11.3 Å². The zero-order chi connectivity index (χ0) is 14.0. The number of nitrogens with two attached hydrogens (primary N) is 1. The van der Waals surface area contributed by atoms with Crippen molar-refractivity contribution in [2.45, 2.75) is 19.4 Å². The van der Waals surface area contributed by atoms with Crippen LogP contribution in [0.2, 0.25) is 15.1 Å². The zero-order valence-corrected chi connectivity index (χ0v) is 13.3. The summed E-state index contributed by atoms with van der Waals surface area (Å²) >= 11 is 19.9. The molecule has 2 nitrogen and oxygen atoms in total. The van der Waals surface area contributed by atoms with Crippen molar-refractivity contribution in [1.82, 2.24) is 5.43 Å². The van der Waals surface area contributed by atoms with Gasteiger partial charge in [0.15, 0.2) is 0 Å².